The summed E-state index contributed by atoms with van der Waals surface area (Å²) in [5.41, 5.74) is 0. The van der Waals surface area contributed by atoms with E-state index in [2.05, 4.69) is 10.0 Å². The molecule has 0 radical (unpaired) electrons. The van der Waals surface area contributed by atoms with Gasteiger partial charge in [-0.2, -0.15) is 0 Å². The van der Waals surface area contributed by atoms with Crippen LogP contribution in [0.4, 0.5) is 0 Å². The number of benzene rings is 1. The summed E-state index contributed by atoms with van der Waals surface area (Å²) in [6.45, 7) is 0.356. The van der Waals surface area contributed by atoms with Crippen LogP contribution in [0.2, 0.25) is 5.02 Å². The minimum atomic E-state index is -3.70. The van der Waals surface area contributed by atoms with Gasteiger partial charge in [0.25, 0.3) is 0 Å². The van der Waals surface area contributed by atoms with Gasteiger partial charge >= 0.3 is 0 Å². The van der Waals surface area contributed by atoms with Crippen LogP contribution in [0, 0.1) is 0 Å². The number of hydrogen-bond acceptors (Lipinski definition) is 5. The molecular formula is C17H22ClN3O4S. The summed E-state index contributed by atoms with van der Waals surface area (Å²) in [6, 6.07) is 9.48. The van der Waals surface area contributed by atoms with Crippen molar-refractivity contribution in [2.75, 3.05) is 27.2 Å². The number of hydrogen-bond donors (Lipinski definition) is 2. The van der Waals surface area contributed by atoms with Crippen LogP contribution in [0.3, 0.4) is 0 Å². The van der Waals surface area contributed by atoms with Gasteiger partial charge in [0, 0.05) is 24.5 Å². The summed E-state index contributed by atoms with van der Waals surface area (Å²) >= 11 is 5.81. The Kier molecular flexibility index (Phi) is 7.22. The molecule has 1 unspecified atom stereocenters. The Hall–Kier alpha value is -1.87. The predicted octanol–water partition coefficient (Wildman–Crippen LogP) is 2.02. The molecule has 0 bridgehead atoms. The Morgan fingerprint density at radius 3 is 2.65 bits per heavy atom. The highest BCUT2D eigenvalue weighted by Crippen LogP contribution is 2.17. The molecule has 2 N–H and O–H groups in total. The number of halogens is 1. The zero-order valence-electron chi connectivity index (χ0n) is 14.6. The molecule has 0 saturated heterocycles. The van der Waals surface area contributed by atoms with Gasteiger partial charge in [0.2, 0.25) is 15.9 Å². The number of sulfonamides is 1. The number of likely N-dealkylation sites (N-methyl/N-ethyl adjacent to an activating group) is 1. The van der Waals surface area contributed by atoms with E-state index in [4.69, 9.17) is 16.0 Å². The summed E-state index contributed by atoms with van der Waals surface area (Å²) in [7, 11) is 0.0784. The monoisotopic (exact) mass is 399 g/mol. The second kappa shape index (κ2) is 9.18. The summed E-state index contributed by atoms with van der Waals surface area (Å²) in [6.07, 6.45) is 1.61. The third-order valence-electron chi connectivity index (χ3n) is 3.74. The molecule has 0 fully saturated rings. The highest BCUT2D eigenvalue weighted by Gasteiger charge is 2.18. The molecule has 0 aliphatic carbocycles. The number of carbonyl (C=O) groups is 1. The molecule has 9 heteroatoms. The molecule has 0 spiro atoms. The first-order valence-electron chi connectivity index (χ1n) is 8.01. The second-order valence-electron chi connectivity index (χ2n) is 5.90. The summed E-state index contributed by atoms with van der Waals surface area (Å²) < 4.78 is 32.1. The molecule has 26 heavy (non-hydrogen) atoms. The lowest BCUT2D eigenvalue weighted by Gasteiger charge is -2.22. The number of nitrogens with zero attached hydrogens (tertiary/aromatic N) is 1. The fraction of sp³-hybridized carbons (Fsp3) is 0.353. The number of rotatable bonds is 9. The Morgan fingerprint density at radius 2 is 2.04 bits per heavy atom. The first-order valence-corrected chi connectivity index (χ1v) is 9.87. The fourth-order valence-electron chi connectivity index (χ4n) is 2.33. The Bertz CT molecular complexity index is 822. The van der Waals surface area contributed by atoms with Gasteiger partial charge in [-0.1, -0.05) is 17.7 Å². The maximum Gasteiger partial charge on any atom is 0.240 e. The Labute approximate surface area is 158 Å². The number of nitrogens with one attached hydrogen (secondary N) is 2. The third kappa shape index (κ3) is 5.84. The smallest absolute Gasteiger partial charge is 0.240 e. The topological polar surface area (TPSA) is 91.7 Å². The van der Waals surface area contributed by atoms with Gasteiger partial charge in [0.1, 0.15) is 5.76 Å². The van der Waals surface area contributed by atoms with E-state index in [-0.39, 0.29) is 29.8 Å². The van der Waals surface area contributed by atoms with E-state index in [1.54, 1.807) is 24.5 Å². The van der Waals surface area contributed by atoms with Gasteiger partial charge in [0.05, 0.1) is 17.2 Å². The average molecular weight is 400 g/mol. The van der Waals surface area contributed by atoms with Crippen LogP contribution < -0.4 is 10.0 Å². The van der Waals surface area contributed by atoms with Gasteiger partial charge in [-0.05, 0) is 44.4 Å². The van der Waals surface area contributed by atoms with Gasteiger partial charge in [-0.25, -0.2) is 13.1 Å². The zero-order chi connectivity index (χ0) is 19.2. The number of carbonyl (C=O) groups excluding carboxylic acids is 1. The van der Waals surface area contributed by atoms with Crippen molar-refractivity contribution in [2.45, 2.75) is 17.4 Å². The summed E-state index contributed by atoms with van der Waals surface area (Å²) in [5.74, 6) is 0.495. The van der Waals surface area contributed by atoms with Crippen LogP contribution in [0.25, 0.3) is 0 Å². The molecule has 142 valence electrons. The minimum Gasteiger partial charge on any atom is -0.468 e. The largest absolute Gasteiger partial charge is 0.468 e. The molecule has 1 aromatic carbocycles. The molecule has 0 aliphatic heterocycles. The Morgan fingerprint density at radius 1 is 1.27 bits per heavy atom. The summed E-state index contributed by atoms with van der Waals surface area (Å²) in [5, 5.41) is 3.12. The molecule has 1 aromatic heterocycles. The maximum absolute atomic E-state index is 12.2. The molecular weight excluding hydrogens is 378 g/mol. The van der Waals surface area contributed by atoms with Crippen molar-refractivity contribution in [3.05, 3.63) is 53.4 Å². The normalized spacial score (nSPS) is 12.9. The molecule has 1 amide bonds. The number of amides is 1. The maximum atomic E-state index is 12.2. The van der Waals surface area contributed by atoms with Crippen molar-refractivity contribution in [1.29, 1.82) is 0 Å². The standard InChI is InChI=1S/C17H22ClN3O4S/c1-21(2)15(16-7-4-10-25-16)12-19-17(22)8-9-20-26(23,24)14-6-3-5-13(18)11-14/h3-7,10-11,15,20H,8-9,12H2,1-2H3,(H,19,22). The van der Waals surface area contributed by atoms with Crippen molar-refractivity contribution < 1.29 is 17.6 Å². The SMILES string of the molecule is CN(C)C(CNC(=O)CCNS(=O)(=O)c1cccc(Cl)c1)c1ccco1. The quantitative estimate of drug-likeness (QED) is 0.673. The molecule has 1 atom stereocenters. The van der Waals surface area contributed by atoms with E-state index in [1.807, 2.05) is 25.1 Å². The van der Waals surface area contributed by atoms with Crippen LogP contribution in [-0.2, 0) is 14.8 Å². The third-order valence-corrected chi connectivity index (χ3v) is 5.43. The molecule has 7 nitrogen and oxygen atoms in total. The van der Waals surface area contributed by atoms with Crippen molar-refractivity contribution in [1.82, 2.24) is 14.9 Å². The lowest BCUT2D eigenvalue weighted by molar-refractivity contribution is -0.121. The molecule has 0 aliphatic rings. The fourth-order valence-corrected chi connectivity index (χ4v) is 3.67. The van der Waals surface area contributed by atoms with Crippen molar-refractivity contribution in [2.24, 2.45) is 0 Å². The first-order chi connectivity index (χ1) is 12.3. The summed E-state index contributed by atoms with van der Waals surface area (Å²) in [4.78, 5) is 14.0. The van der Waals surface area contributed by atoms with Crippen LogP contribution >= 0.6 is 11.6 Å². The zero-order valence-corrected chi connectivity index (χ0v) is 16.2. The van der Waals surface area contributed by atoms with Crippen LogP contribution in [-0.4, -0.2) is 46.4 Å². The van der Waals surface area contributed by atoms with Crippen LogP contribution in [0.5, 0.6) is 0 Å². The number of furan rings is 1. The van der Waals surface area contributed by atoms with E-state index < -0.39 is 10.0 Å². The van der Waals surface area contributed by atoms with Gasteiger partial charge in [0.15, 0.2) is 0 Å². The lowest BCUT2D eigenvalue weighted by atomic mass is 10.2. The highest BCUT2D eigenvalue weighted by atomic mass is 35.5. The van der Waals surface area contributed by atoms with Crippen LogP contribution in [0.15, 0.2) is 52.0 Å². The predicted molar refractivity (Wildman–Crippen MR) is 99.4 cm³/mol. The minimum absolute atomic E-state index is 0.00589. The highest BCUT2D eigenvalue weighted by molar-refractivity contribution is 7.89. The average Bonchev–Trinajstić information content (AvgIpc) is 3.08. The van der Waals surface area contributed by atoms with Crippen molar-refractivity contribution in [3.63, 3.8) is 0 Å². The van der Waals surface area contributed by atoms with E-state index in [0.717, 1.165) is 5.76 Å². The second-order valence-corrected chi connectivity index (χ2v) is 8.11. The van der Waals surface area contributed by atoms with Gasteiger partial charge < -0.3 is 9.73 Å². The molecule has 0 saturated carbocycles. The van der Waals surface area contributed by atoms with E-state index in [1.165, 1.54) is 12.1 Å². The Balaban J connectivity index is 1.81. The van der Waals surface area contributed by atoms with E-state index in [0.29, 0.717) is 11.6 Å². The van der Waals surface area contributed by atoms with Gasteiger partial charge in [-0.15, -0.1) is 0 Å². The van der Waals surface area contributed by atoms with E-state index in [9.17, 15) is 13.2 Å². The molecule has 2 rings (SSSR count). The molecule has 1 heterocycles. The lowest BCUT2D eigenvalue weighted by Crippen LogP contribution is -2.36. The molecule has 2 aromatic rings. The van der Waals surface area contributed by atoms with Gasteiger partial charge in [-0.3, -0.25) is 9.69 Å². The first kappa shape index (κ1) is 20.4. The van der Waals surface area contributed by atoms with E-state index >= 15 is 0 Å². The van der Waals surface area contributed by atoms with Crippen molar-refractivity contribution >= 4 is 27.5 Å². The van der Waals surface area contributed by atoms with Crippen molar-refractivity contribution in [3.8, 4) is 0 Å². The van der Waals surface area contributed by atoms with Crippen LogP contribution in [0.1, 0.15) is 18.2 Å².